The summed E-state index contributed by atoms with van der Waals surface area (Å²) in [5.41, 5.74) is -0.155. The van der Waals surface area contributed by atoms with E-state index < -0.39 is 11.7 Å². The Hall–Kier alpha value is -1.67. The van der Waals surface area contributed by atoms with Crippen LogP contribution < -0.4 is 0 Å². The molecule has 0 atom stereocenters. The van der Waals surface area contributed by atoms with Crippen molar-refractivity contribution in [1.82, 2.24) is 25.1 Å². The summed E-state index contributed by atoms with van der Waals surface area (Å²) in [5, 5.41) is 11.4. The molecule has 2 heterocycles. The minimum atomic E-state index is -4.33. The lowest BCUT2D eigenvalue weighted by atomic mass is 10.2. The number of likely N-dealkylation sites (tertiary alicyclic amines) is 1. The number of halogens is 4. The highest BCUT2D eigenvalue weighted by atomic mass is 35.5. The molecule has 21 heavy (non-hydrogen) atoms. The smallest absolute Gasteiger partial charge is 0.296 e. The van der Waals surface area contributed by atoms with E-state index in [4.69, 9.17) is 0 Å². The highest BCUT2D eigenvalue weighted by Crippen LogP contribution is 2.29. The van der Waals surface area contributed by atoms with E-state index in [1.165, 1.54) is 16.8 Å². The molecule has 0 bridgehead atoms. The summed E-state index contributed by atoms with van der Waals surface area (Å²) in [6.07, 6.45) is -3.18. The first-order valence-corrected chi connectivity index (χ1v) is 6.21. The molecule has 1 aliphatic heterocycles. The first kappa shape index (κ1) is 15.7. The second-order valence-electron chi connectivity index (χ2n) is 4.68. The van der Waals surface area contributed by atoms with Crippen molar-refractivity contribution in [2.24, 2.45) is 0 Å². The molecule has 1 aromatic heterocycles. The largest absolute Gasteiger partial charge is 0.416 e. The predicted octanol–water partition coefficient (Wildman–Crippen LogP) is 2.31. The average molecular weight is 320 g/mol. The molecule has 0 spiro atoms. The molecule has 1 saturated heterocycles. The van der Waals surface area contributed by atoms with E-state index in [0.29, 0.717) is 18.1 Å². The molecule has 0 unspecified atom stereocenters. The Morgan fingerprint density at radius 1 is 1.10 bits per heavy atom. The lowest BCUT2D eigenvalue weighted by Crippen LogP contribution is -2.37. The summed E-state index contributed by atoms with van der Waals surface area (Å²) in [5.74, 6) is 0.629. The molecule has 9 heteroatoms. The standard InChI is InChI=1S/C12H12F3N5.ClH/c13-12(14,15)9-2-4-10(5-3-9)20-11(16-17-18-20)8-19-6-1-7-19;/h2-5H,1,6-8H2;1H. The van der Waals surface area contributed by atoms with Gasteiger partial charge in [-0.15, -0.1) is 17.5 Å². The molecular weight excluding hydrogens is 307 g/mol. The van der Waals surface area contributed by atoms with Crippen LogP contribution in [-0.2, 0) is 12.7 Å². The van der Waals surface area contributed by atoms with Crippen LogP contribution in [0, 0.1) is 0 Å². The summed E-state index contributed by atoms with van der Waals surface area (Å²) >= 11 is 0. The van der Waals surface area contributed by atoms with Gasteiger partial charge >= 0.3 is 6.18 Å². The first-order chi connectivity index (χ1) is 9.54. The topological polar surface area (TPSA) is 46.8 Å². The molecule has 5 nitrogen and oxygen atoms in total. The molecule has 1 fully saturated rings. The highest BCUT2D eigenvalue weighted by Gasteiger charge is 2.30. The molecular formula is C12H13ClF3N5. The monoisotopic (exact) mass is 319 g/mol. The number of rotatable bonds is 3. The maximum absolute atomic E-state index is 12.5. The van der Waals surface area contributed by atoms with Gasteiger partial charge in [0.1, 0.15) is 0 Å². The van der Waals surface area contributed by atoms with Crippen LogP contribution >= 0.6 is 12.4 Å². The third-order valence-corrected chi connectivity index (χ3v) is 3.29. The molecule has 114 valence electrons. The first-order valence-electron chi connectivity index (χ1n) is 6.21. The van der Waals surface area contributed by atoms with Gasteiger partial charge < -0.3 is 0 Å². The Morgan fingerprint density at radius 2 is 1.76 bits per heavy atom. The van der Waals surface area contributed by atoms with Crippen molar-refractivity contribution in [3.8, 4) is 5.69 Å². The van der Waals surface area contributed by atoms with E-state index in [2.05, 4.69) is 20.4 Å². The summed E-state index contributed by atoms with van der Waals surface area (Å²) in [4.78, 5) is 2.17. The fourth-order valence-electron chi connectivity index (χ4n) is 2.04. The Bertz CT molecular complexity index is 592. The summed E-state index contributed by atoms with van der Waals surface area (Å²) in [7, 11) is 0. The number of hydrogen-bond acceptors (Lipinski definition) is 4. The van der Waals surface area contributed by atoms with Gasteiger partial charge in [0.2, 0.25) is 0 Å². The number of benzene rings is 1. The highest BCUT2D eigenvalue weighted by molar-refractivity contribution is 5.85. The Labute approximate surface area is 125 Å². The van der Waals surface area contributed by atoms with Crippen molar-refractivity contribution in [1.29, 1.82) is 0 Å². The van der Waals surface area contributed by atoms with Crippen LogP contribution in [0.15, 0.2) is 24.3 Å². The molecule has 0 radical (unpaired) electrons. The van der Waals surface area contributed by atoms with E-state index in [1.54, 1.807) is 0 Å². The van der Waals surface area contributed by atoms with Crippen molar-refractivity contribution in [2.45, 2.75) is 19.1 Å². The van der Waals surface area contributed by atoms with Gasteiger partial charge in [0, 0.05) is 0 Å². The van der Waals surface area contributed by atoms with Crippen LogP contribution in [0.25, 0.3) is 5.69 Å². The van der Waals surface area contributed by atoms with Gasteiger partial charge in [-0.2, -0.15) is 17.9 Å². The Kier molecular flexibility index (Phi) is 4.48. The number of aromatic nitrogens is 4. The van der Waals surface area contributed by atoms with E-state index in [0.717, 1.165) is 31.6 Å². The van der Waals surface area contributed by atoms with Crippen LogP contribution in [0.5, 0.6) is 0 Å². The van der Waals surface area contributed by atoms with Gasteiger partial charge in [0.25, 0.3) is 0 Å². The third-order valence-electron chi connectivity index (χ3n) is 3.29. The van der Waals surface area contributed by atoms with Crippen molar-refractivity contribution >= 4 is 12.4 Å². The van der Waals surface area contributed by atoms with Crippen LogP contribution in [0.2, 0.25) is 0 Å². The number of tetrazole rings is 1. The Morgan fingerprint density at radius 3 is 2.29 bits per heavy atom. The fraction of sp³-hybridized carbons (Fsp3) is 0.417. The van der Waals surface area contributed by atoms with Crippen molar-refractivity contribution in [2.75, 3.05) is 13.1 Å². The van der Waals surface area contributed by atoms with E-state index in [9.17, 15) is 13.2 Å². The molecule has 0 amide bonds. The van der Waals surface area contributed by atoms with Gasteiger partial charge in [0.05, 0.1) is 17.8 Å². The molecule has 3 rings (SSSR count). The Balaban J connectivity index is 0.00000161. The molecule has 1 aliphatic rings. The zero-order chi connectivity index (χ0) is 14.2. The molecule has 1 aromatic carbocycles. The van der Waals surface area contributed by atoms with E-state index in [-0.39, 0.29) is 12.4 Å². The predicted molar refractivity (Wildman–Crippen MR) is 71.3 cm³/mol. The third kappa shape index (κ3) is 3.33. The van der Waals surface area contributed by atoms with Gasteiger partial charge in [-0.1, -0.05) is 0 Å². The van der Waals surface area contributed by atoms with Gasteiger partial charge in [-0.3, -0.25) is 4.90 Å². The minimum absolute atomic E-state index is 0. The van der Waals surface area contributed by atoms with Crippen molar-refractivity contribution in [3.05, 3.63) is 35.7 Å². The lowest BCUT2D eigenvalue weighted by molar-refractivity contribution is -0.137. The zero-order valence-electron chi connectivity index (χ0n) is 10.9. The lowest BCUT2D eigenvalue weighted by Gasteiger charge is -2.29. The molecule has 0 saturated carbocycles. The quantitative estimate of drug-likeness (QED) is 0.871. The SMILES string of the molecule is Cl.FC(F)(F)c1ccc(-n2nnnc2CN2CCC2)cc1. The van der Waals surface area contributed by atoms with Gasteiger partial charge in [-0.05, 0) is 54.2 Å². The summed E-state index contributed by atoms with van der Waals surface area (Å²) in [6, 6.07) is 4.81. The van der Waals surface area contributed by atoms with Crippen LogP contribution in [0.1, 0.15) is 17.8 Å². The molecule has 2 aromatic rings. The molecule has 0 aliphatic carbocycles. The van der Waals surface area contributed by atoms with Gasteiger partial charge in [0.15, 0.2) is 5.82 Å². The van der Waals surface area contributed by atoms with Crippen LogP contribution in [0.4, 0.5) is 13.2 Å². The maximum atomic E-state index is 12.5. The fourth-order valence-corrected chi connectivity index (χ4v) is 2.04. The normalized spacial score (nSPS) is 15.4. The minimum Gasteiger partial charge on any atom is -0.296 e. The summed E-state index contributed by atoms with van der Waals surface area (Å²) in [6.45, 7) is 2.60. The summed E-state index contributed by atoms with van der Waals surface area (Å²) < 4.78 is 39.0. The van der Waals surface area contributed by atoms with Crippen molar-refractivity contribution in [3.63, 3.8) is 0 Å². The van der Waals surface area contributed by atoms with Crippen molar-refractivity contribution < 1.29 is 13.2 Å². The number of alkyl halides is 3. The average Bonchev–Trinajstić information content (AvgIpc) is 2.81. The second kappa shape index (κ2) is 5.98. The van der Waals surface area contributed by atoms with Crippen LogP contribution in [0.3, 0.4) is 0 Å². The zero-order valence-corrected chi connectivity index (χ0v) is 11.7. The maximum Gasteiger partial charge on any atom is 0.416 e. The number of nitrogens with zero attached hydrogens (tertiary/aromatic N) is 5. The van der Waals surface area contributed by atoms with Gasteiger partial charge in [-0.25, -0.2) is 0 Å². The second-order valence-corrected chi connectivity index (χ2v) is 4.68. The number of hydrogen-bond donors (Lipinski definition) is 0. The van der Waals surface area contributed by atoms with E-state index >= 15 is 0 Å². The molecule has 0 N–H and O–H groups in total. The van der Waals surface area contributed by atoms with E-state index in [1.807, 2.05) is 0 Å². The van der Waals surface area contributed by atoms with Crippen LogP contribution in [-0.4, -0.2) is 38.2 Å².